The van der Waals surface area contributed by atoms with Gasteiger partial charge in [0.15, 0.2) is 4.99 Å². The molecule has 0 N–H and O–H groups in total. The Balaban J connectivity index is 2.16. The summed E-state index contributed by atoms with van der Waals surface area (Å²) in [5, 5.41) is 0.528. The van der Waals surface area contributed by atoms with Crippen LogP contribution in [-0.2, 0) is 10.3 Å². The monoisotopic (exact) mass is 292 g/mol. The number of aliphatic imine (C=N–C) groups is 1. The number of hydrogen-bond acceptors (Lipinski definition) is 3. The summed E-state index contributed by atoms with van der Waals surface area (Å²) in [6, 6.07) is 8.79. The summed E-state index contributed by atoms with van der Waals surface area (Å²) < 4.78 is 23.0. The van der Waals surface area contributed by atoms with E-state index in [1.54, 1.807) is 23.3 Å². The van der Waals surface area contributed by atoms with Crippen molar-refractivity contribution >= 4 is 32.7 Å². The Morgan fingerprint density at radius 1 is 1.21 bits per heavy atom. The molecule has 3 rings (SSSR count). The zero-order chi connectivity index (χ0) is 13.4. The van der Waals surface area contributed by atoms with Crippen molar-refractivity contribution in [3.63, 3.8) is 0 Å². The molecule has 0 spiro atoms. The number of allylic oxidation sites excluding steroid dienone is 2. The van der Waals surface area contributed by atoms with Gasteiger partial charge in [-0.3, -0.25) is 9.89 Å². The van der Waals surface area contributed by atoms with Crippen LogP contribution in [0.4, 0.5) is 0 Å². The predicted octanol–water partition coefficient (Wildman–Crippen LogP) is 2.10. The van der Waals surface area contributed by atoms with E-state index in [1.807, 2.05) is 30.3 Å². The Hall–Kier alpha value is -1.85. The summed E-state index contributed by atoms with van der Waals surface area (Å²) in [4.78, 5) is 6.20. The zero-order valence-corrected chi connectivity index (χ0v) is 11.3. The first-order valence-electron chi connectivity index (χ1n) is 5.60. The third-order valence-electron chi connectivity index (χ3n) is 2.92. The fourth-order valence-corrected chi connectivity index (χ4v) is 2.93. The van der Waals surface area contributed by atoms with Crippen LogP contribution in [0.1, 0.15) is 11.6 Å². The number of fused-ring (bicyclic) bond motifs is 1. The Labute approximate surface area is 116 Å². The minimum atomic E-state index is -2.35. The second-order valence-corrected chi connectivity index (χ2v) is 5.41. The number of benzene rings is 1. The van der Waals surface area contributed by atoms with Gasteiger partial charge in [0.25, 0.3) is 0 Å². The van der Waals surface area contributed by atoms with Crippen molar-refractivity contribution in [1.29, 1.82) is 0 Å². The Morgan fingerprint density at radius 3 is 2.63 bits per heavy atom. The van der Waals surface area contributed by atoms with Crippen molar-refractivity contribution in [2.24, 2.45) is 4.99 Å². The first-order valence-corrected chi connectivity index (χ1v) is 7.05. The summed E-state index contributed by atoms with van der Waals surface area (Å²) in [5.41, 5.74) is 0.835. The van der Waals surface area contributed by atoms with Crippen LogP contribution in [0, 0.1) is 0 Å². The van der Waals surface area contributed by atoms with Crippen LogP contribution in [0.25, 0.3) is 0 Å². The van der Waals surface area contributed by atoms with Gasteiger partial charge in [0.1, 0.15) is 11.9 Å². The van der Waals surface area contributed by atoms with Crippen LogP contribution < -0.4 is 0 Å². The van der Waals surface area contributed by atoms with Crippen molar-refractivity contribution in [3.8, 4) is 0 Å². The van der Waals surface area contributed by atoms with Crippen molar-refractivity contribution in [2.45, 2.75) is 6.04 Å². The molecular formula is C13H9ClN2O2S. The molecule has 96 valence electrons. The number of amidine groups is 1. The molecule has 2 heterocycles. The van der Waals surface area contributed by atoms with E-state index >= 15 is 0 Å². The molecule has 1 atom stereocenters. The molecule has 2 aliphatic heterocycles. The maximum Gasteiger partial charge on any atom is 0.237 e. The zero-order valence-electron chi connectivity index (χ0n) is 9.69. The van der Waals surface area contributed by atoms with E-state index in [0.717, 1.165) is 5.56 Å². The van der Waals surface area contributed by atoms with Crippen LogP contribution >= 0.6 is 11.6 Å². The van der Waals surface area contributed by atoms with Gasteiger partial charge in [0.2, 0.25) is 10.3 Å². The van der Waals surface area contributed by atoms with Crippen molar-refractivity contribution in [3.05, 3.63) is 59.3 Å². The smallest absolute Gasteiger partial charge is 0.237 e. The van der Waals surface area contributed by atoms with Crippen molar-refractivity contribution < 1.29 is 8.42 Å². The van der Waals surface area contributed by atoms with Crippen LogP contribution in [0.3, 0.4) is 0 Å². The maximum absolute atomic E-state index is 11.5. The van der Waals surface area contributed by atoms with Gasteiger partial charge in [0.05, 0.1) is 0 Å². The lowest BCUT2D eigenvalue weighted by Gasteiger charge is -2.17. The molecule has 0 amide bonds. The van der Waals surface area contributed by atoms with Crippen LogP contribution in [0.2, 0.25) is 0 Å². The van der Waals surface area contributed by atoms with Crippen molar-refractivity contribution in [2.75, 3.05) is 0 Å². The maximum atomic E-state index is 11.5. The van der Waals surface area contributed by atoms with E-state index in [1.165, 1.54) is 0 Å². The van der Waals surface area contributed by atoms with E-state index < -0.39 is 16.3 Å². The molecule has 1 aromatic carbocycles. The number of nitrogens with zero attached hydrogens (tertiary/aromatic N) is 2. The van der Waals surface area contributed by atoms with E-state index in [0.29, 0.717) is 10.9 Å². The standard InChI is InChI=1S/C13H9ClN2O2S/c14-10-6-7-16-11(8-10)15-12(13(16)19(17)18)9-4-2-1-3-5-9/h1-8,12H. The quantitative estimate of drug-likeness (QED) is 0.745. The second kappa shape index (κ2) is 4.68. The summed E-state index contributed by atoms with van der Waals surface area (Å²) in [7, 11) is -2.35. The topological polar surface area (TPSA) is 49.7 Å². The highest BCUT2D eigenvalue weighted by atomic mass is 35.5. The molecule has 0 aromatic heterocycles. The second-order valence-electron chi connectivity index (χ2n) is 4.09. The fourth-order valence-electron chi connectivity index (χ4n) is 2.09. The van der Waals surface area contributed by atoms with E-state index in [2.05, 4.69) is 4.99 Å². The van der Waals surface area contributed by atoms with Gasteiger partial charge in [-0.2, -0.15) is 8.42 Å². The molecule has 2 aliphatic rings. The lowest BCUT2D eigenvalue weighted by Crippen LogP contribution is -2.29. The molecule has 6 heteroatoms. The summed E-state index contributed by atoms with van der Waals surface area (Å²) in [6.45, 7) is 0. The van der Waals surface area contributed by atoms with Gasteiger partial charge in [-0.25, -0.2) is 0 Å². The summed E-state index contributed by atoms with van der Waals surface area (Å²) in [5.74, 6) is 0.542. The summed E-state index contributed by atoms with van der Waals surface area (Å²) >= 11 is 5.91. The van der Waals surface area contributed by atoms with E-state index in [-0.39, 0.29) is 4.99 Å². The van der Waals surface area contributed by atoms with Gasteiger partial charge in [-0.1, -0.05) is 41.9 Å². The Bertz CT molecular complexity index is 740. The first kappa shape index (κ1) is 12.2. The average molecular weight is 293 g/mol. The largest absolute Gasteiger partial charge is 0.290 e. The highest BCUT2D eigenvalue weighted by Gasteiger charge is 2.33. The highest BCUT2D eigenvalue weighted by Crippen LogP contribution is 2.30. The van der Waals surface area contributed by atoms with Gasteiger partial charge in [-0.15, -0.1) is 0 Å². The predicted molar refractivity (Wildman–Crippen MR) is 75.5 cm³/mol. The van der Waals surface area contributed by atoms with E-state index in [4.69, 9.17) is 11.6 Å². The van der Waals surface area contributed by atoms with Crippen LogP contribution in [0.15, 0.2) is 58.7 Å². The van der Waals surface area contributed by atoms with Crippen LogP contribution in [0.5, 0.6) is 0 Å². The SMILES string of the molecule is O=S(=O)=C1C(c2ccccc2)N=C2C=C(Cl)C=CN21. The molecule has 1 aromatic rings. The van der Waals surface area contributed by atoms with Crippen molar-refractivity contribution in [1.82, 2.24) is 4.90 Å². The van der Waals surface area contributed by atoms with E-state index in [9.17, 15) is 8.42 Å². The fraction of sp³-hybridized carbons (Fsp3) is 0.0769. The molecule has 0 saturated carbocycles. The first-order chi connectivity index (χ1) is 9.16. The van der Waals surface area contributed by atoms with Crippen LogP contribution in [-0.4, -0.2) is 24.1 Å². The van der Waals surface area contributed by atoms with Gasteiger partial charge in [0, 0.05) is 11.2 Å². The number of halogens is 1. The minimum absolute atomic E-state index is 0.220. The number of rotatable bonds is 1. The molecule has 1 unspecified atom stereocenters. The minimum Gasteiger partial charge on any atom is -0.290 e. The van der Waals surface area contributed by atoms with Gasteiger partial charge >= 0.3 is 0 Å². The third-order valence-corrected chi connectivity index (χ3v) is 3.91. The van der Waals surface area contributed by atoms with Gasteiger partial charge < -0.3 is 0 Å². The summed E-state index contributed by atoms with van der Waals surface area (Å²) in [6.07, 6.45) is 4.91. The third kappa shape index (κ3) is 2.11. The molecule has 0 fully saturated rings. The highest BCUT2D eigenvalue weighted by molar-refractivity contribution is 7.73. The normalized spacial score (nSPS) is 21.0. The molecule has 0 bridgehead atoms. The molecule has 0 saturated heterocycles. The van der Waals surface area contributed by atoms with Gasteiger partial charge in [-0.05, 0) is 17.7 Å². The molecule has 0 radical (unpaired) electrons. The lowest BCUT2D eigenvalue weighted by atomic mass is 10.1. The Kier molecular flexibility index (Phi) is 3.00. The molecular weight excluding hydrogens is 284 g/mol. The number of hydrogen-bond donors (Lipinski definition) is 0. The lowest BCUT2D eigenvalue weighted by molar-refractivity contribution is 0.624. The average Bonchev–Trinajstić information content (AvgIpc) is 2.78. The molecule has 4 nitrogen and oxygen atoms in total. The Morgan fingerprint density at radius 2 is 1.95 bits per heavy atom. The molecule has 0 aliphatic carbocycles. The molecule has 19 heavy (non-hydrogen) atoms.